The Balaban J connectivity index is 2.79. The third-order valence-electron chi connectivity index (χ3n) is 2.19. The van der Waals surface area contributed by atoms with Crippen LogP contribution in [0.2, 0.25) is 5.02 Å². The molecule has 0 fully saturated rings. The highest BCUT2D eigenvalue weighted by Crippen LogP contribution is 2.19. The average molecular weight is 314 g/mol. The summed E-state index contributed by atoms with van der Waals surface area (Å²) in [6, 6.07) is 0. The van der Waals surface area contributed by atoms with Crippen molar-refractivity contribution in [2.24, 2.45) is 0 Å². The average Bonchev–Trinajstić information content (AvgIpc) is 2.36. The molecule has 0 aliphatic rings. The van der Waals surface area contributed by atoms with Crippen molar-refractivity contribution < 1.29 is 22.7 Å². The van der Waals surface area contributed by atoms with Gasteiger partial charge in [0.15, 0.2) is 0 Å². The van der Waals surface area contributed by atoms with Crippen LogP contribution in [0.3, 0.4) is 0 Å². The molecule has 0 aliphatic heterocycles. The Kier molecular flexibility index (Phi) is 5.37. The van der Waals surface area contributed by atoms with Crippen LogP contribution in [0, 0.1) is 0 Å². The molecule has 0 radical (unpaired) electrons. The molecule has 0 bridgehead atoms. The van der Waals surface area contributed by atoms with Gasteiger partial charge in [-0.15, -0.1) is 0 Å². The summed E-state index contributed by atoms with van der Waals surface area (Å²) >= 11 is 5.66. The van der Waals surface area contributed by atoms with Crippen LogP contribution in [0.5, 0.6) is 0 Å². The third-order valence-corrected chi connectivity index (χ3v) is 2.55. The number of rotatable bonds is 5. The molecule has 0 aliphatic carbocycles. The van der Waals surface area contributed by atoms with Gasteiger partial charge in [0.2, 0.25) is 0 Å². The second-order valence-corrected chi connectivity index (χ2v) is 4.08. The van der Waals surface area contributed by atoms with E-state index in [1.54, 1.807) is 0 Å². The lowest BCUT2D eigenvalue weighted by molar-refractivity contribution is -0.143. The van der Waals surface area contributed by atoms with Gasteiger partial charge >= 0.3 is 12.1 Å². The molecule has 0 amide bonds. The maximum absolute atomic E-state index is 12.2. The van der Waals surface area contributed by atoms with Gasteiger partial charge in [-0.05, 0) is 0 Å². The van der Waals surface area contributed by atoms with Gasteiger partial charge in [0.05, 0.1) is 25.4 Å². The number of methoxy groups -OCH3 is 1. The van der Waals surface area contributed by atoms with Gasteiger partial charge in [-0.3, -0.25) is 9.59 Å². The monoisotopic (exact) mass is 313 g/mol. The van der Waals surface area contributed by atoms with E-state index in [0.717, 1.165) is 6.20 Å². The number of halogens is 4. The molecule has 20 heavy (non-hydrogen) atoms. The van der Waals surface area contributed by atoms with Crippen LogP contribution in [0.4, 0.5) is 18.9 Å². The number of carbonyl (C=O) groups excluding carboxylic acids is 1. The standard InChI is InChI=1S/C10H11ClF3N3O3/c1-20-7(18)2-3-15-6-4-16-17(5-10(12,13)14)9(19)8(6)11/h4,15H,2-3,5H2,1H3. The van der Waals surface area contributed by atoms with Crippen molar-refractivity contribution in [3.8, 4) is 0 Å². The molecule has 0 saturated carbocycles. The zero-order valence-corrected chi connectivity index (χ0v) is 11.1. The minimum absolute atomic E-state index is 0.0124. The topological polar surface area (TPSA) is 73.2 Å². The first-order valence-corrected chi connectivity index (χ1v) is 5.75. The van der Waals surface area contributed by atoms with Crippen molar-refractivity contribution in [2.45, 2.75) is 19.1 Å². The number of hydrogen-bond acceptors (Lipinski definition) is 5. The summed E-state index contributed by atoms with van der Waals surface area (Å²) in [4.78, 5) is 22.4. The van der Waals surface area contributed by atoms with Gasteiger partial charge in [-0.25, -0.2) is 4.68 Å². The van der Waals surface area contributed by atoms with E-state index in [9.17, 15) is 22.8 Å². The molecule has 10 heteroatoms. The summed E-state index contributed by atoms with van der Waals surface area (Å²) in [6.07, 6.45) is -3.56. The van der Waals surface area contributed by atoms with Crippen LogP contribution in [-0.4, -0.2) is 35.6 Å². The highest BCUT2D eigenvalue weighted by atomic mass is 35.5. The summed E-state index contributed by atoms with van der Waals surface area (Å²) in [5.41, 5.74) is -1.01. The molecule has 1 aromatic rings. The number of alkyl halides is 3. The number of ether oxygens (including phenoxy) is 1. The summed E-state index contributed by atoms with van der Waals surface area (Å²) in [5, 5.41) is 5.56. The van der Waals surface area contributed by atoms with Crippen LogP contribution < -0.4 is 10.9 Å². The zero-order chi connectivity index (χ0) is 15.3. The number of esters is 1. The first-order valence-electron chi connectivity index (χ1n) is 5.37. The fourth-order valence-electron chi connectivity index (χ4n) is 1.27. The molecule has 0 saturated heterocycles. The molecule has 112 valence electrons. The molecule has 0 unspecified atom stereocenters. The van der Waals surface area contributed by atoms with Gasteiger partial charge in [0, 0.05) is 6.54 Å². The first kappa shape index (κ1) is 16.3. The Labute approximate surface area is 116 Å². The molecule has 1 N–H and O–H groups in total. The highest BCUT2D eigenvalue weighted by Gasteiger charge is 2.29. The second kappa shape index (κ2) is 6.60. The third kappa shape index (κ3) is 4.72. The molecule has 1 rings (SSSR count). The number of nitrogens with one attached hydrogen (secondary N) is 1. The number of carbonyl (C=O) groups is 1. The van der Waals surface area contributed by atoms with Crippen molar-refractivity contribution in [2.75, 3.05) is 19.0 Å². The Hall–Kier alpha value is -1.77. The maximum Gasteiger partial charge on any atom is 0.408 e. The lowest BCUT2D eigenvalue weighted by Gasteiger charge is -2.11. The van der Waals surface area contributed by atoms with Crippen molar-refractivity contribution in [1.82, 2.24) is 9.78 Å². The van der Waals surface area contributed by atoms with Crippen LogP contribution in [0.25, 0.3) is 0 Å². The number of aromatic nitrogens is 2. The quantitative estimate of drug-likeness (QED) is 0.833. The van der Waals surface area contributed by atoms with Crippen LogP contribution >= 0.6 is 11.6 Å². The molecular weight excluding hydrogens is 303 g/mol. The molecule has 1 aromatic heterocycles. The van der Waals surface area contributed by atoms with Crippen molar-refractivity contribution in [3.63, 3.8) is 0 Å². The Morgan fingerprint density at radius 1 is 1.55 bits per heavy atom. The summed E-state index contributed by atoms with van der Waals surface area (Å²) in [7, 11) is 1.22. The minimum atomic E-state index is -4.57. The first-order chi connectivity index (χ1) is 9.24. The molecule has 0 atom stereocenters. The van der Waals surface area contributed by atoms with Gasteiger partial charge < -0.3 is 10.1 Å². The van der Waals surface area contributed by atoms with Gasteiger partial charge in [0.1, 0.15) is 11.6 Å². The normalized spacial score (nSPS) is 11.2. The Morgan fingerprint density at radius 2 is 2.20 bits per heavy atom. The van der Waals surface area contributed by atoms with Crippen LogP contribution in [0.15, 0.2) is 11.0 Å². The maximum atomic E-state index is 12.2. The Bertz CT molecular complexity index is 545. The fourth-order valence-corrected chi connectivity index (χ4v) is 1.49. The lowest BCUT2D eigenvalue weighted by Crippen LogP contribution is -2.31. The van der Waals surface area contributed by atoms with E-state index in [1.807, 2.05) is 0 Å². The lowest BCUT2D eigenvalue weighted by atomic mass is 10.4. The predicted octanol–water partition coefficient (Wildman–Crippen LogP) is 1.43. The summed E-state index contributed by atoms with van der Waals surface area (Å²) in [6.45, 7) is -1.41. The van der Waals surface area contributed by atoms with E-state index in [4.69, 9.17) is 11.6 Å². The van der Waals surface area contributed by atoms with E-state index in [1.165, 1.54) is 7.11 Å². The van der Waals surface area contributed by atoms with E-state index in [-0.39, 0.29) is 23.3 Å². The van der Waals surface area contributed by atoms with Gasteiger partial charge in [-0.2, -0.15) is 18.3 Å². The molecule has 0 aromatic carbocycles. The van der Waals surface area contributed by atoms with Crippen molar-refractivity contribution in [1.29, 1.82) is 0 Å². The van der Waals surface area contributed by atoms with Crippen molar-refractivity contribution in [3.05, 3.63) is 21.6 Å². The predicted molar refractivity (Wildman–Crippen MR) is 64.7 cm³/mol. The summed E-state index contributed by atoms with van der Waals surface area (Å²) < 4.78 is 41.1. The van der Waals surface area contributed by atoms with E-state index >= 15 is 0 Å². The number of nitrogens with zero attached hydrogens (tertiary/aromatic N) is 2. The van der Waals surface area contributed by atoms with Crippen molar-refractivity contribution >= 4 is 23.3 Å². The Morgan fingerprint density at radius 3 is 2.75 bits per heavy atom. The highest BCUT2D eigenvalue weighted by molar-refractivity contribution is 6.32. The van der Waals surface area contributed by atoms with Gasteiger partial charge in [0.25, 0.3) is 5.56 Å². The van der Waals surface area contributed by atoms with E-state index < -0.39 is 29.3 Å². The molecule has 6 nitrogen and oxygen atoms in total. The van der Waals surface area contributed by atoms with E-state index in [2.05, 4.69) is 15.2 Å². The number of hydrogen-bond donors (Lipinski definition) is 1. The minimum Gasteiger partial charge on any atom is -0.469 e. The SMILES string of the molecule is COC(=O)CCNc1cnn(CC(F)(F)F)c(=O)c1Cl. The molecule has 0 spiro atoms. The smallest absolute Gasteiger partial charge is 0.408 e. The van der Waals surface area contributed by atoms with Crippen LogP contribution in [0.1, 0.15) is 6.42 Å². The fraction of sp³-hybridized carbons (Fsp3) is 0.500. The number of anilines is 1. The molecule has 1 heterocycles. The largest absolute Gasteiger partial charge is 0.469 e. The van der Waals surface area contributed by atoms with Crippen LogP contribution in [-0.2, 0) is 16.1 Å². The van der Waals surface area contributed by atoms with Gasteiger partial charge in [-0.1, -0.05) is 11.6 Å². The molecular formula is C10H11ClF3N3O3. The summed E-state index contributed by atoms with van der Waals surface area (Å²) in [5.74, 6) is -0.480. The second-order valence-electron chi connectivity index (χ2n) is 3.70. The zero-order valence-electron chi connectivity index (χ0n) is 10.3. The van der Waals surface area contributed by atoms with E-state index in [0.29, 0.717) is 0 Å².